The van der Waals surface area contributed by atoms with E-state index in [2.05, 4.69) is 30.3 Å². The second kappa shape index (κ2) is 12.2. The van der Waals surface area contributed by atoms with E-state index in [4.69, 9.17) is 12.3 Å². The van der Waals surface area contributed by atoms with Crippen LogP contribution in [0.4, 0.5) is 0 Å². The zero-order chi connectivity index (χ0) is 45.0. The molecule has 51 heavy (non-hydrogen) atoms. The molecule has 238 valence electrons. The Labute approximate surface area is 319 Å². The maximum atomic E-state index is 9.56. The van der Waals surface area contributed by atoms with Crippen LogP contribution in [-0.4, -0.2) is 0 Å². The summed E-state index contributed by atoms with van der Waals surface area (Å²) < 4.78 is 120. The predicted octanol–water partition coefficient (Wildman–Crippen LogP) is 14.7. The first kappa shape index (κ1) is 19.2. The molecule has 0 aliphatic carbocycles. The highest BCUT2D eigenvalue weighted by molar-refractivity contribution is 7.25. The van der Waals surface area contributed by atoms with Gasteiger partial charge >= 0.3 is 0 Å². The van der Waals surface area contributed by atoms with E-state index in [1.807, 2.05) is 84.9 Å². The summed E-state index contributed by atoms with van der Waals surface area (Å²) in [5, 5.41) is 1.41. The van der Waals surface area contributed by atoms with Gasteiger partial charge in [0.15, 0.2) is 0 Å². The summed E-state index contributed by atoms with van der Waals surface area (Å²) in [5.74, 6) is 0. The molecule has 0 aliphatic heterocycles. The zero-order valence-corrected chi connectivity index (χ0v) is 27.7. The van der Waals surface area contributed by atoms with Gasteiger partial charge < -0.3 is 0 Å². The van der Waals surface area contributed by atoms with Crippen molar-refractivity contribution in [1.82, 2.24) is 0 Å². The van der Waals surface area contributed by atoms with Crippen molar-refractivity contribution in [1.29, 1.82) is 0 Å². The van der Waals surface area contributed by atoms with Gasteiger partial charge in [0.1, 0.15) is 0 Å². The van der Waals surface area contributed by atoms with Gasteiger partial charge in [-0.05, 0) is 108 Å². The fourth-order valence-electron chi connectivity index (χ4n) is 7.21. The molecular weight excluding hydrogens is 633 g/mol. The summed E-state index contributed by atoms with van der Waals surface area (Å²) in [5.41, 5.74) is 4.49. The minimum absolute atomic E-state index is 0.0697. The van der Waals surface area contributed by atoms with Gasteiger partial charge in [0.2, 0.25) is 0 Å². The highest BCUT2D eigenvalue weighted by Gasteiger charge is 2.22. The average Bonchev–Trinajstić information content (AvgIpc) is 3.70. The Morgan fingerprint density at radius 3 is 1.39 bits per heavy atom. The van der Waals surface area contributed by atoms with Gasteiger partial charge in [-0.1, -0.05) is 163 Å². The van der Waals surface area contributed by atoms with E-state index in [1.165, 1.54) is 0 Å². The Morgan fingerprint density at radius 2 is 0.804 bits per heavy atom. The van der Waals surface area contributed by atoms with E-state index in [0.717, 1.165) is 53.6 Å². The molecule has 0 N–H and O–H groups in total. The fourth-order valence-corrected chi connectivity index (χ4v) is 8.29. The van der Waals surface area contributed by atoms with E-state index in [1.54, 1.807) is 11.3 Å². The van der Waals surface area contributed by atoms with Crippen molar-refractivity contribution in [2.24, 2.45) is 0 Å². The maximum Gasteiger partial charge on any atom is 0.0629 e. The highest BCUT2D eigenvalue weighted by Crippen LogP contribution is 2.49. The minimum Gasteiger partial charge on any atom is -0.135 e. The summed E-state index contributed by atoms with van der Waals surface area (Å²) >= 11 is 1.70. The van der Waals surface area contributed by atoms with Gasteiger partial charge in [0.25, 0.3) is 0 Å². The molecule has 0 amide bonds. The molecule has 0 radical (unpaired) electrons. The van der Waals surface area contributed by atoms with Crippen LogP contribution < -0.4 is 0 Å². The van der Waals surface area contributed by atoms with Crippen LogP contribution in [0.1, 0.15) is 17.8 Å². The molecule has 0 fully saturated rings. The lowest BCUT2D eigenvalue weighted by molar-refractivity contribution is 1.56. The monoisotopic (exact) mass is 677 g/mol. The third-order valence-corrected chi connectivity index (χ3v) is 10.5. The highest BCUT2D eigenvalue weighted by atomic mass is 32.1. The Bertz CT molecular complexity index is 3470. The van der Waals surface area contributed by atoms with Crippen LogP contribution in [0.3, 0.4) is 0 Å². The van der Waals surface area contributed by atoms with E-state index < -0.39 is 84.1 Å². The molecule has 0 bridgehead atoms. The lowest BCUT2D eigenvalue weighted by Crippen LogP contribution is -1.95. The molecule has 0 saturated carbocycles. The number of hydrogen-bond donors (Lipinski definition) is 0. The molecule has 0 atom stereocenters. The molecule has 0 unspecified atom stereocenters. The lowest BCUT2D eigenvalue weighted by Gasteiger charge is -2.22. The van der Waals surface area contributed by atoms with E-state index in [0.29, 0.717) is 5.56 Å². The third kappa shape index (κ3) is 4.97. The summed E-state index contributed by atoms with van der Waals surface area (Å²) in [4.78, 5) is 0. The van der Waals surface area contributed by atoms with Crippen molar-refractivity contribution < 1.29 is 17.8 Å². The molecule has 0 saturated heterocycles. The van der Waals surface area contributed by atoms with Crippen LogP contribution in [0.25, 0.3) is 97.4 Å². The smallest absolute Gasteiger partial charge is 0.0629 e. The van der Waals surface area contributed by atoms with Gasteiger partial charge in [-0.15, -0.1) is 11.3 Å². The molecule has 1 heteroatoms. The third-order valence-electron chi connectivity index (χ3n) is 9.39. The molecule has 10 rings (SSSR count). The summed E-state index contributed by atoms with van der Waals surface area (Å²) in [6.45, 7) is 0. The van der Waals surface area contributed by atoms with Crippen molar-refractivity contribution in [3.8, 4) is 55.6 Å². The molecule has 9 aromatic carbocycles. The largest absolute Gasteiger partial charge is 0.135 e. The number of hydrogen-bond acceptors (Lipinski definition) is 1. The standard InChI is InChI=1S/C50H32S/c1-4-16-33(17-5-1)43-31-37(50-41-25-12-10-23-39(41)48(35-20-8-3-9-21-35)40-24-11-13-26-42(40)50)32-44(34-18-6-2-7-19-34)49(43)36-28-29-47-45(30-36)38-22-14-15-27-46(38)51-47/h1-32H/i3D,8D,9D,10D,11D,12D,13D,20D,21D,23D,24D,25D,26D. The first-order chi connectivity index (χ1) is 30.7. The summed E-state index contributed by atoms with van der Waals surface area (Å²) in [7, 11) is 0. The van der Waals surface area contributed by atoms with Crippen LogP contribution in [0.5, 0.6) is 0 Å². The molecular formula is C50H32S. The SMILES string of the molecule is [2H]c1c([2H])c([2H])c(-c2c3c([2H])c([2H])c([2H])c([2H])c3c(-c3cc(-c4ccccc4)c(-c4ccc5sc6ccccc6c5c4)c(-c4ccccc4)c3)c3c([2H])c([2H])c([2H])c([2H])c23)c([2H])c1[2H]. The van der Waals surface area contributed by atoms with Crippen molar-refractivity contribution in [2.45, 2.75) is 0 Å². The Kier molecular flexibility index (Phi) is 4.61. The Balaban J connectivity index is 1.46. The van der Waals surface area contributed by atoms with Crippen molar-refractivity contribution in [2.75, 3.05) is 0 Å². The van der Waals surface area contributed by atoms with Crippen LogP contribution in [0.2, 0.25) is 0 Å². The molecule has 1 heterocycles. The second-order valence-corrected chi connectivity index (χ2v) is 13.3. The average molecular weight is 678 g/mol. The second-order valence-electron chi connectivity index (χ2n) is 12.2. The Morgan fingerprint density at radius 1 is 0.314 bits per heavy atom. The molecule has 0 nitrogen and oxygen atoms in total. The van der Waals surface area contributed by atoms with Crippen molar-refractivity contribution in [3.05, 3.63) is 194 Å². The number of benzene rings is 9. The number of rotatable bonds is 5. The number of fused-ring (bicyclic) bond motifs is 5. The Hall–Kier alpha value is -6.28. The van der Waals surface area contributed by atoms with Gasteiger partial charge in [-0.25, -0.2) is 0 Å². The van der Waals surface area contributed by atoms with Gasteiger partial charge in [-0.3, -0.25) is 0 Å². The quantitative estimate of drug-likeness (QED) is 0.159. The first-order valence-electron chi connectivity index (χ1n) is 22.9. The fraction of sp³-hybridized carbons (Fsp3) is 0. The maximum absolute atomic E-state index is 9.56. The van der Waals surface area contributed by atoms with Gasteiger partial charge in [0, 0.05) is 20.2 Å². The lowest BCUT2D eigenvalue weighted by atomic mass is 9.81. The van der Waals surface area contributed by atoms with Gasteiger partial charge in [0.05, 0.1) is 17.8 Å². The van der Waals surface area contributed by atoms with Crippen LogP contribution in [-0.2, 0) is 0 Å². The summed E-state index contributed by atoms with van der Waals surface area (Å²) in [6.07, 6.45) is 0. The van der Waals surface area contributed by atoms with Crippen molar-refractivity contribution in [3.63, 3.8) is 0 Å². The summed E-state index contributed by atoms with van der Waals surface area (Å²) in [6, 6.07) is 29.3. The minimum atomic E-state index is -0.715. The first-order valence-corrected chi connectivity index (χ1v) is 17.3. The zero-order valence-electron chi connectivity index (χ0n) is 39.9. The molecule has 10 aromatic rings. The van der Waals surface area contributed by atoms with Crippen molar-refractivity contribution >= 4 is 53.1 Å². The van der Waals surface area contributed by atoms with E-state index in [-0.39, 0.29) is 32.7 Å². The van der Waals surface area contributed by atoms with Crippen LogP contribution in [0.15, 0.2) is 194 Å². The van der Waals surface area contributed by atoms with E-state index in [9.17, 15) is 5.48 Å². The van der Waals surface area contributed by atoms with Crippen LogP contribution in [0, 0.1) is 0 Å². The molecule has 0 aliphatic rings. The van der Waals surface area contributed by atoms with Gasteiger partial charge in [-0.2, -0.15) is 0 Å². The van der Waals surface area contributed by atoms with Crippen LogP contribution >= 0.6 is 11.3 Å². The molecule has 0 spiro atoms. The topological polar surface area (TPSA) is 0 Å². The molecule has 1 aromatic heterocycles. The van der Waals surface area contributed by atoms with E-state index >= 15 is 0 Å². The number of thiophene rings is 1. The normalized spacial score (nSPS) is 15.1. The predicted molar refractivity (Wildman–Crippen MR) is 222 cm³/mol.